The molecule has 0 saturated carbocycles. The Balaban J connectivity index is 1.21. The van der Waals surface area contributed by atoms with E-state index < -0.39 is 0 Å². The van der Waals surface area contributed by atoms with Crippen molar-refractivity contribution in [3.8, 4) is 5.69 Å². The molecule has 8 aromatic rings. The van der Waals surface area contributed by atoms with Crippen LogP contribution in [0.3, 0.4) is 0 Å². The maximum atomic E-state index is 6.35. The van der Waals surface area contributed by atoms with Gasteiger partial charge in [-0.05, 0) is 65.9 Å². The highest BCUT2D eigenvalue weighted by Crippen LogP contribution is 2.39. The van der Waals surface area contributed by atoms with E-state index in [0.29, 0.717) is 0 Å². The minimum Gasteiger partial charge on any atom is -0.456 e. The van der Waals surface area contributed by atoms with E-state index in [4.69, 9.17) is 9.41 Å². The van der Waals surface area contributed by atoms with Crippen molar-refractivity contribution in [3.63, 3.8) is 0 Å². The number of benzene rings is 6. The SMILES string of the molecule is C1=C(c2ccccc2)/N=C(c2ccccc2)\C=C(\c2cccc(-n3c4ccccc4c4cc5c(cc43)oc3ccccc35)c2)CC\1. The number of hydrogen-bond acceptors (Lipinski definition) is 2. The Kier molecular flexibility index (Phi) is 6.27. The quantitative estimate of drug-likeness (QED) is 0.201. The molecule has 0 atom stereocenters. The summed E-state index contributed by atoms with van der Waals surface area (Å²) in [5, 5.41) is 4.75. The van der Waals surface area contributed by atoms with Gasteiger partial charge >= 0.3 is 0 Å². The molecule has 0 spiro atoms. The number of aromatic nitrogens is 1. The molecular weight excluding hydrogens is 560 g/mol. The highest BCUT2D eigenvalue weighted by atomic mass is 16.3. The number of fused-ring (bicyclic) bond motifs is 6. The van der Waals surface area contributed by atoms with Gasteiger partial charge in [-0.2, -0.15) is 0 Å². The molecular formula is C43H30N2O. The summed E-state index contributed by atoms with van der Waals surface area (Å²) in [5.74, 6) is 0. The molecule has 3 heterocycles. The average molecular weight is 591 g/mol. The monoisotopic (exact) mass is 590 g/mol. The van der Waals surface area contributed by atoms with E-state index in [2.05, 4.69) is 150 Å². The van der Waals surface area contributed by atoms with E-state index in [9.17, 15) is 0 Å². The summed E-state index contributed by atoms with van der Waals surface area (Å²) in [5.41, 5.74) is 12.0. The molecule has 9 rings (SSSR count). The summed E-state index contributed by atoms with van der Waals surface area (Å²) in [6.07, 6.45) is 6.39. The number of hydrogen-bond donors (Lipinski definition) is 0. The Labute approximate surface area is 267 Å². The van der Waals surface area contributed by atoms with Crippen molar-refractivity contribution >= 4 is 60.7 Å². The van der Waals surface area contributed by atoms with Crippen LogP contribution in [0.25, 0.3) is 60.7 Å². The number of allylic oxidation sites excluding steroid dienone is 3. The molecule has 0 bridgehead atoms. The highest BCUT2D eigenvalue weighted by Gasteiger charge is 2.17. The van der Waals surface area contributed by atoms with Gasteiger partial charge in [0.1, 0.15) is 11.2 Å². The van der Waals surface area contributed by atoms with Crippen molar-refractivity contribution in [2.24, 2.45) is 4.99 Å². The number of aliphatic imine (C=N–C) groups is 1. The van der Waals surface area contributed by atoms with Gasteiger partial charge in [0.25, 0.3) is 0 Å². The third-order valence-corrected chi connectivity index (χ3v) is 9.09. The zero-order valence-electron chi connectivity index (χ0n) is 25.2. The van der Waals surface area contributed by atoms with E-state index in [1.165, 1.54) is 27.4 Å². The van der Waals surface area contributed by atoms with Crippen molar-refractivity contribution in [2.75, 3.05) is 0 Å². The lowest BCUT2D eigenvalue weighted by molar-refractivity contribution is 0.669. The zero-order valence-corrected chi connectivity index (χ0v) is 25.2. The summed E-state index contributed by atoms with van der Waals surface area (Å²) in [6, 6.07) is 51.4. The van der Waals surface area contributed by atoms with Crippen LogP contribution in [0.4, 0.5) is 0 Å². The molecule has 2 aromatic heterocycles. The van der Waals surface area contributed by atoms with Crippen LogP contribution in [0.1, 0.15) is 29.5 Å². The summed E-state index contributed by atoms with van der Waals surface area (Å²) < 4.78 is 8.72. The van der Waals surface area contributed by atoms with Crippen LogP contribution >= 0.6 is 0 Å². The molecule has 0 unspecified atom stereocenters. The van der Waals surface area contributed by atoms with Gasteiger partial charge in [-0.25, -0.2) is 4.99 Å². The summed E-state index contributed by atoms with van der Waals surface area (Å²) in [6.45, 7) is 0. The van der Waals surface area contributed by atoms with Crippen LogP contribution in [0.15, 0.2) is 167 Å². The first-order valence-electron chi connectivity index (χ1n) is 15.9. The van der Waals surface area contributed by atoms with Crippen LogP contribution in [0.2, 0.25) is 0 Å². The normalized spacial score (nSPS) is 17.3. The van der Waals surface area contributed by atoms with Gasteiger partial charge < -0.3 is 8.98 Å². The maximum absolute atomic E-state index is 6.35. The van der Waals surface area contributed by atoms with Crippen molar-refractivity contribution in [1.29, 1.82) is 0 Å². The van der Waals surface area contributed by atoms with Gasteiger partial charge in [0, 0.05) is 38.9 Å². The minimum absolute atomic E-state index is 0.904. The van der Waals surface area contributed by atoms with Crippen LogP contribution < -0.4 is 0 Å². The molecule has 218 valence electrons. The third kappa shape index (κ3) is 4.48. The van der Waals surface area contributed by atoms with Crippen LogP contribution in [0.5, 0.6) is 0 Å². The summed E-state index contributed by atoms with van der Waals surface area (Å²) in [7, 11) is 0. The molecule has 0 N–H and O–H groups in total. The minimum atomic E-state index is 0.904. The van der Waals surface area contributed by atoms with E-state index in [1.54, 1.807) is 0 Å². The Hall–Kier alpha value is -5.93. The summed E-state index contributed by atoms with van der Waals surface area (Å²) in [4.78, 5) is 5.24. The summed E-state index contributed by atoms with van der Waals surface area (Å²) >= 11 is 0. The van der Waals surface area contributed by atoms with E-state index in [0.717, 1.165) is 68.5 Å². The fourth-order valence-corrected chi connectivity index (χ4v) is 6.90. The van der Waals surface area contributed by atoms with Gasteiger partial charge in [0.2, 0.25) is 0 Å². The van der Waals surface area contributed by atoms with Crippen molar-refractivity contribution in [3.05, 3.63) is 174 Å². The van der Waals surface area contributed by atoms with E-state index >= 15 is 0 Å². The van der Waals surface area contributed by atoms with Crippen molar-refractivity contribution in [2.45, 2.75) is 12.8 Å². The fraction of sp³-hybridized carbons (Fsp3) is 0.0465. The van der Waals surface area contributed by atoms with Crippen LogP contribution in [0, 0.1) is 0 Å². The van der Waals surface area contributed by atoms with Gasteiger partial charge in [-0.15, -0.1) is 0 Å². The lowest BCUT2D eigenvalue weighted by Crippen LogP contribution is -2.03. The van der Waals surface area contributed by atoms with Crippen LogP contribution in [-0.2, 0) is 0 Å². The molecule has 0 amide bonds. The molecule has 3 nitrogen and oxygen atoms in total. The Morgan fingerprint density at radius 2 is 1.24 bits per heavy atom. The van der Waals surface area contributed by atoms with E-state index in [1.807, 2.05) is 12.1 Å². The lowest BCUT2D eigenvalue weighted by atomic mass is 9.95. The predicted molar refractivity (Wildman–Crippen MR) is 193 cm³/mol. The highest BCUT2D eigenvalue weighted by molar-refractivity contribution is 6.17. The predicted octanol–water partition coefficient (Wildman–Crippen LogP) is 11.4. The average Bonchev–Trinajstić information content (AvgIpc) is 3.63. The molecule has 0 saturated heterocycles. The zero-order chi connectivity index (χ0) is 30.5. The number of para-hydroxylation sites is 2. The number of rotatable bonds is 4. The van der Waals surface area contributed by atoms with Gasteiger partial charge in [0.15, 0.2) is 0 Å². The van der Waals surface area contributed by atoms with Gasteiger partial charge in [-0.3, -0.25) is 0 Å². The van der Waals surface area contributed by atoms with Crippen LogP contribution in [-0.4, -0.2) is 10.3 Å². The number of furan rings is 1. The second-order valence-electron chi connectivity index (χ2n) is 11.9. The molecule has 0 fully saturated rings. The smallest absolute Gasteiger partial charge is 0.137 e. The maximum Gasteiger partial charge on any atom is 0.137 e. The Bertz CT molecular complexity index is 2510. The fourth-order valence-electron chi connectivity index (χ4n) is 6.90. The molecule has 6 aromatic carbocycles. The molecule has 0 aliphatic carbocycles. The second kappa shape index (κ2) is 10.9. The van der Waals surface area contributed by atoms with Crippen molar-refractivity contribution < 1.29 is 4.42 Å². The number of nitrogens with zero attached hydrogens (tertiary/aromatic N) is 2. The molecule has 46 heavy (non-hydrogen) atoms. The molecule has 3 heteroatoms. The molecule has 0 radical (unpaired) electrons. The molecule has 1 aliphatic rings. The second-order valence-corrected chi connectivity index (χ2v) is 11.9. The van der Waals surface area contributed by atoms with Crippen molar-refractivity contribution in [1.82, 2.24) is 4.57 Å². The topological polar surface area (TPSA) is 30.4 Å². The lowest BCUT2D eigenvalue weighted by Gasteiger charge is -2.15. The first-order valence-corrected chi connectivity index (χ1v) is 15.9. The van der Waals surface area contributed by atoms with E-state index in [-0.39, 0.29) is 0 Å². The standard InChI is InChI=1S/C43H30N2O/c1-3-13-29(14-4-1)38-22-12-18-32(26-39(44-38)30-15-5-2-6-16-30)31-17-11-19-33(25-31)45-40-23-9-7-20-34(40)36-27-37-35-21-8-10-24-42(35)46-43(37)28-41(36)45/h1-11,13-17,19-28H,12,18H2/b32-26+,38-22-,44-39+. The van der Waals surface area contributed by atoms with Gasteiger partial charge in [-0.1, -0.05) is 115 Å². The Morgan fingerprint density at radius 1 is 0.522 bits per heavy atom. The Morgan fingerprint density at radius 3 is 2.09 bits per heavy atom. The van der Waals surface area contributed by atoms with Gasteiger partial charge in [0.05, 0.1) is 22.4 Å². The largest absolute Gasteiger partial charge is 0.456 e. The third-order valence-electron chi connectivity index (χ3n) is 9.09. The first kappa shape index (κ1) is 26.5. The first-order chi connectivity index (χ1) is 22.8. The molecule has 1 aliphatic heterocycles.